The van der Waals surface area contributed by atoms with E-state index in [0.717, 1.165) is 11.3 Å². The summed E-state index contributed by atoms with van der Waals surface area (Å²) in [6.45, 7) is 5.94. The molecule has 0 N–H and O–H groups in total. The number of aryl methyl sites for hydroxylation is 2. The van der Waals surface area contributed by atoms with Crippen LogP contribution in [-0.4, -0.2) is 25.2 Å². The summed E-state index contributed by atoms with van der Waals surface area (Å²) in [6.07, 6.45) is 1.74. The van der Waals surface area contributed by atoms with Gasteiger partial charge in [-0.1, -0.05) is 13.8 Å². The van der Waals surface area contributed by atoms with Gasteiger partial charge in [-0.2, -0.15) is 4.80 Å². The Balaban J connectivity index is 0.000000531. The zero-order valence-corrected chi connectivity index (χ0v) is 9.47. The van der Waals surface area contributed by atoms with E-state index >= 15 is 0 Å². The smallest absolute Gasteiger partial charge is 0.206 e. The largest absolute Gasteiger partial charge is 0.261 e. The molecule has 2 aromatic rings. The Hall–Kier alpha value is -1.78. The number of tetrazole rings is 1. The van der Waals surface area contributed by atoms with Crippen molar-refractivity contribution in [2.24, 2.45) is 7.05 Å². The number of nitrogens with zero attached hydrogens (tertiary/aromatic N) is 5. The van der Waals surface area contributed by atoms with Crippen LogP contribution in [0.25, 0.3) is 11.4 Å². The molecule has 5 heteroatoms. The third kappa shape index (κ3) is 2.83. The monoisotopic (exact) mass is 205 g/mol. The fraction of sp³-hybridized carbons (Fsp3) is 0.400. The SMILES string of the molecule is CC.Cc1ccc(-c2nnn(C)n2)cn1. The molecule has 0 atom stereocenters. The van der Waals surface area contributed by atoms with Crippen LogP contribution < -0.4 is 0 Å². The van der Waals surface area contributed by atoms with E-state index in [-0.39, 0.29) is 0 Å². The Bertz CT molecular complexity index is 404. The minimum atomic E-state index is 0.606. The molecule has 0 aliphatic heterocycles. The predicted octanol–water partition coefficient (Wildman–Crippen LogP) is 1.61. The van der Waals surface area contributed by atoms with E-state index in [1.807, 2.05) is 32.9 Å². The Morgan fingerprint density at radius 2 is 1.93 bits per heavy atom. The lowest BCUT2D eigenvalue weighted by Crippen LogP contribution is -1.92. The Morgan fingerprint density at radius 3 is 2.40 bits per heavy atom. The molecule has 0 spiro atoms. The standard InChI is InChI=1S/C8H9N5.C2H6/c1-6-3-4-7(5-9-6)8-10-12-13(2)11-8;1-2/h3-5H,1-2H3;1-2H3. The minimum Gasteiger partial charge on any atom is -0.261 e. The summed E-state index contributed by atoms with van der Waals surface area (Å²) in [7, 11) is 1.73. The molecule has 0 aromatic carbocycles. The van der Waals surface area contributed by atoms with Gasteiger partial charge in [0.25, 0.3) is 0 Å². The first-order valence-corrected chi connectivity index (χ1v) is 4.93. The number of aromatic nitrogens is 5. The molecule has 5 nitrogen and oxygen atoms in total. The van der Waals surface area contributed by atoms with Crippen LogP contribution in [0.15, 0.2) is 18.3 Å². The highest BCUT2D eigenvalue weighted by Crippen LogP contribution is 2.11. The lowest BCUT2D eigenvalue weighted by Gasteiger charge is -1.93. The van der Waals surface area contributed by atoms with Crippen LogP contribution in [0.4, 0.5) is 0 Å². The van der Waals surface area contributed by atoms with Gasteiger partial charge in [0.2, 0.25) is 5.82 Å². The summed E-state index contributed by atoms with van der Waals surface area (Å²) in [5, 5.41) is 11.7. The molecule has 15 heavy (non-hydrogen) atoms. The van der Waals surface area contributed by atoms with Crippen LogP contribution in [0.5, 0.6) is 0 Å². The van der Waals surface area contributed by atoms with Crippen molar-refractivity contribution in [1.29, 1.82) is 0 Å². The average molecular weight is 205 g/mol. The molecule has 0 saturated heterocycles. The summed E-state index contributed by atoms with van der Waals surface area (Å²) in [5.74, 6) is 0.606. The summed E-state index contributed by atoms with van der Waals surface area (Å²) in [5.41, 5.74) is 1.87. The van der Waals surface area contributed by atoms with Crippen molar-refractivity contribution >= 4 is 0 Å². The fourth-order valence-corrected chi connectivity index (χ4v) is 1.000. The number of rotatable bonds is 1. The van der Waals surface area contributed by atoms with E-state index in [1.54, 1.807) is 13.2 Å². The van der Waals surface area contributed by atoms with Gasteiger partial charge in [-0.3, -0.25) is 4.98 Å². The number of pyridine rings is 1. The molecule has 0 aliphatic rings. The van der Waals surface area contributed by atoms with Crippen LogP contribution in [0, 0.1) is 6.92 Å². The maximum absolute atomic E-state index is 4.15. The first-order valence-electron chi connectivity index (χ1n) is 4.93. The third-order valence-electron chi connectivity index (χ3n) is 1.68. The second kappa shape index (κ2) is 5.19. The zero-order chi connectivity index (χ0) is 11.3. The van der Waals surface area contributed by atoms with Gasteiger partial charge in [0.05, 0.1) is 7.05 Å². The van der Waals surface area contributed by atoms with Crippen molar-refractivity contribution in [3.05, 3.63) is 24.0 Å². The highest BCUT2D eigenvalue weighted by Gasteiger charge is 2.03. The van der Waals surface area contributed by atoms with Gasteiger partial charge in [0, 0.05) is 17.5 Å². The molecule has 80 valence electrons. The summed E-state index contributed by atoms with van der Waals surface area (Å²) in [6, 6.07) is 3.85. The zero-order valence-electron chi connectivity index (χ0n) is 9.47. The molecule has 2 aromatic heterocycles. The van der Waals surface area contributed by atoms with E-state index in [4.69, 9.17) is 0 Å². The van der Waals surface area contributed by atoms with Crippen LogP contribution in [-0.2, 0) is 7.05 Å². The lowest BCUT2D eigenvalue weighted by atomic mass is 10.2. The Labute approximate surface area is 89.2 Å². The quantitative estimate of drug-likeness (QED) is 0.709. The van der Waals surface area contributed by atoms with E-state index in [2.05, 4.69) is 20.4 Å². The first-order chi connectivity index (χ1) is 7.25. The highest BCUT2D eigenvalue weighted by atomic mass is 15.6. The van der Waals surface area contributed by atoms with Gasteiger partial charge in [0.15, 0.2) is 0 Å². The van der Waals surface area contributed by atoms with E-state index in [9.17, 15) is 0 Å². The van der Waals surface area contributed by atoms with Gasteiger partial charge < -0.3 is 0 Å². The summed E-state index contributed by atoms with van der Waals surface area (Å²) in [4.78, 5) is 5.57. The van der Waals surface area contributed by atoms with Crippen molar-refractivity contribution in [2.75, 3.05) is 0 Å². The summed E-state index contributed by atoms with van der Waals surface area (Å²) >= 11 is 0. The van der Waals surface area contributed by atoms with Gasteiger partial charge >= 0.3 is 0 Å². The van der Waals surface area contributed by atoms with E-state index in [1.165, 1.54) is 4.80 Å². The molecule has 0 amide bonds. The van der Waals surface area contributed by atoms with Gasteiger partial charge in [-0.05, 0) is 24.3 Å². The van der Waals surface area contributed by atoms with Crippen molar-refractivity contribution in [3.8, 4) is 11.4 Å². The molecule has 0 bridgehead atoms. The lowest BCUT2D eigenvalue weighted by molar-refractivity contribution is 0.630. The molecular formula is C10H15N5. The predicted molar refractivity (Wildman–Crippen MR) is 58.1 cm³/mol. The van der Waals surface area contributed by atoms with Crippen LogP contribution in [0.1, 0.15) is 19.5 Å². The highest BCUT2D eigenvalue weighted by molar-refractivity contribution is 5.51. The number of hydrogen-bond acceptors (Lipinski definition) is 4. The maximum atomic E-state index is 4.15. The molecular weight excluding hydrogens is 190 g/mol. The van der Waals surface area contributed by atoms with Gasteiger partial charge in [0.1, 0.15) is 0 Å². The Morgan fingerprint density at radius 1 is 1.20 bits per heavy atom. The molecule has 0 fully saturated rings. The molecule has 0 saturated carbocycles. The molecule has 2 rings (SSSR count). The van der Waals surface area contributed by atoms with Gasteiger partial charge in [-0.25, -0.2) is 0 Å². The average Bonchev–Trinajstić information content (AvgIpc) is 2.69. The van der Waals surface area contributed by atoms with E-state index in [0.29, 0.717) is 5.82 Å². The summed E-state index contributed by atoms with van der Waals surface area (Å²) < 4.78 is 0. The Kier molecular flexibility index (Phi) is 3.91. The fourth-order valence-electron chi connectivity index (χ4n) is 1.000. The van der Waals surface area contributed by atoms with E-state index < -0.39 is 0 Å². The molecule has 2 heterocycles. The third-order valence-corrected chi connectivity index (χ3v) is 1.68. The van der Waals surface area contributed by atoms with Crippen LogP contribution >= 0.6 is 0 Å². The maximum Gasteiger partial charge on any atom is 0.206 e. The molecule has 0 unspecified atom stereocenters. The van der Waals surface area contributed by atoms with Crippen LogP contribution in [0.3, 0.4) is 0 Å². The second-order valence-corrected chi connectivity index (χ2v) is 2.79. The van der Waals surface area contributed by atoms with Crippen molar-refractivity contribution < 1.29 is 0 Å². The van der Waals surface area contributed by atoms with Crippen molar-refractivity contribution in [2.45, 2.75) is 20.8 Å². The minimum absolute atomic E-state index is 0.606. The topological polar surface area (TPSA) is 56.5 Å². The number of hydrogen-bond donors (Lipinski definition) is 0. The first kappa shape index (κ1) is 11.3. The van der Waals surface area contributed by atoms with Crippen molar-refractivity contribution in [1.82, 2.24) is 25.2 Å². The van der Waals surface area contributed by atoms with Gasteiger partial charge in [-0.15, -0.1) is 10.2 Å². The molecule has 0 radical (unpaired) electrons. The van der Waals surface area contributed by atoms with Crippen LogP contribution in [0.2, 0.25) is 0 Å². The molecule has 0 aliphatic carbocycles. The second-order valence-electron chi connectivity index (χ2n) is 2.79. The normalized spacial score (nSPS) is 9.33. The van der Waals surface area contributed by atoms with Crippen molar-refractivity contribution in [3.63, 3.8) is 0 Å².